The van der Waals surface area contributed by atoms with Crippen LogP contribution in [0.3, 0.4) is 0 Å². The zero-order valence-corrected chi connectivity index (χ0v) is 8.85. The second-order valence-corrected chi connectivity index (χ2v) is 4.80. The van der Waals surface area contributed by atoms with Crippen LogP contribution in [0.1, 0.15) is 34.1 Å². The first-order valence-electron chi connectivity index (χ1n) is 4.98. The van der Waals surface area contributed by atoms with Crippen molar-refractivity contribution < 1.29 is 0 Å². The monoisotopic (exact) mass is 170 g/mol. The lowest BCUT2D eigenvalue weighted by atomic mass is 10.1. The summed E-state index contributed by atoms with van der Waals surface area (Å²) in [5.41, 5.74) is 0.339. The van der Waals surface area contributed by atoms with Gasteiger partial charge in [-0.05, 0) is 34.1 Å². The fraction of sp³-hybridized carbons (Fsp3) is 1.00. The third kappa shape index (κ3) is 2.76. The van der Waals surface area contributed by atoms with Crippen LogP contribution in [0.4, 0.5) is 0 Å². The molecule has 0 radical (unpaired) electrons. The molecule has 0 aromatic carbocycles. The summed E-state index contributed by atoms with van der Waals surface area (Å²) in [7, 11) is 0. The van der Waals surface area contributed by atoms with Crippen LogP contribution in [-0.4, -0.2) is 36.1 Å². The molecule has 0 spiro atoms. The van der Waals surface area contributed by atoms with Gasteiger partial charge in [-0.1, -0.05) is 0 Å². The SMILES string of the molecule is C[C@@H]1CCN(C(C)(C)C)CCN1. The van der Waals surface area contributed by atoms with Gasteiger partial charge in [0, 0.05) is 31.2 Å². The number of nitrogens with zero attached hydrogens (tertiary/aromatic N) is 1. The van der Waals surface area contributed by atoms with Crippen molar-refractivity contribution in [2.45, 2.75) is 45.7 Å². The van der Waals surface area contributed by atoms with Gasteiger partial charge in [-0.25, -0.2) is 0 Å². The molecular weight excluding hydrogens is 148 g/mol. The van der Waals surface area contributed by atoms with E-state index in [4.69, 9.17) is 0 Å². The van der Waals surface area contributed by atoms with Crippen molar-refractivity contribution >= 4 is 0 Å². The smallest absolute Gasteiger partial charge is 0.0125 e. The Balaban J connectivity index is 2.46. The van der Waals surface area contributed by atoms with E-state index in [0.29, 0.717) is 11.6 Å². The van der Waals surface area contributed by atoms with Crippen LogP contribution in [0, 0.1) is 0 Å². The van der Waals surface area contributed by atoms with E-state index in [-0.39, 0.29) is 0 Å². The molecular formula is C10H22N2. The van der Waals surface area contributed by atoms with Crippen LogP contribution in [0.15, 0.2) is 0 Å². The fourth-order valence-electron chi connectivity index (χ4n) is 1.68. The quantitative estimate of drug-likeness (QED) is 0.592. The molecule has 1 fully saturated rings. The first kappa shape index (κ1) is 10.0. The molecule has 1 atom stereocenters. The first-order chi connectivity index (χ1) is 5.50. The molecule has 1 aliphatic rings. The van der Waals surface area contributed by atoms with Crippen LogP contribution >= 0.6 is 0 Å². The summed E-state index contributed by atoms with van der Waals surface area (Å²) in [6, 6.07) is 0.692. The van der Waals surface area contributed by atoms with Crippen molar-refractivity contribution in [1.29, 1.82) is 0 Å². The normalized spacial score (nSPS) is 28.5. The van der Waals surface area contributed by atoms with Gasteiger partial charge in [0.2, 0.25) is 0 Å². The molecule has 0 bridgehead atoms. The molecule has 0 aromatic heterocycles. The Morgan fingerprint density at radius 2 is 1.92 bits per heavy atom. The third-order valence-corrected chi connectivity index (χ3v) is 2.66. The number of rotatable bonds is 0. The molecule has 0 saturated carbocycles. The van der Waals surface area contributed by atoms with Gasteiger partial charge in [-0.3, -0.25) is 4.90 Å². The summed E-state index contributed by atoms with van der Waals surface area (Å²) < 4.78 is 0. The van der Waals surface area contributed by atoms with Gasteiger partial charge >= 0.3 is 0 Å². The lowest BCUT2D eigenvalue weighted by molar-refractivity contribution is 0.146. The van der Waals surface area contributed by atoms with Crippen molar-refractivity contribution in [1.82, 2.24) is 10.2 Å². The Hall–Kier alpha value is -0.0800. The summed E-state index contributed by atoms with van der Waals surface area (Å²) in [6.07, 6.45) is 1.28. The summed E-state index contributed by atoms with van der Waals surface area (Å²) >= 11 is 0. The van der Waals surface area contributed by atoms with E-state index in [0.717, 1.165) is 6.54 Å². The predicted molar refractivity (Wildman–Crippen MR) is 53.4 cm³/mol. The summed E-state index contributed by atoms with van der Waals surface area (Å²) in [6.45, 7) is 12.7. The molecule has 72 valence electrons. The molecule has 1 saturated heterocycles. The van der Waals surface area contributed by atoms with Crippen LogP contribution in [-0.2, 0) is 0 Å². The van der Waals surface area contributed by atoms with Crippen molar-refractivity contribution in [3.63, 3.8) is 0 Å². The van der Waals surface area contributed by atoms with Gasteiger partial charge < -0.3 is 5.32 Å². The second kappa shape index (κ2) is 3.75. The van der Waals surface area contributed by atoms with Gasteiger partial charge in [-0.15, -0.1) is 0 Å². The Labute approximate surface area is 76.3 Å². The fourth-order valence-corrected chi connectivity index (χ4v) is 1.68. The number of hydrogen-bond acceptors (Lipinski definition) is 2. The molecule has 1 heterocycles. The lowest BCUT2D eigenvalue weighted by Crippen LogP contribution is -2.43. The summed E-state index contributed by atoms with van der Waals surface area (Å²) in [4.78, 5) is 2.56. The Kier molecular flexibility index (Phi) is 3.13. The molecule has 0 aromatic rings. The molecule has 1 rings (SSSR count). The second-order valence-electron chi connectivity index (χ2n) is 4.80. The highest BCUT2D eigenvalue weighted by molar-refractivity contribution is 4.80. The van der Waals surface area contributed by atoms with E-state index in [1.807, 2.05) is 0 Å². The van der Waals surface area contributed by atoms with Crippen LogP contribution in [0.5, 0.6) is 0 Å². The third-order valence-electron chi connectivity index (χ3n) is 2.66. The standard InChI is InChI=1S/C10H22N2/c1-9-5-7-12(8-6-11-9)10(2,3)4/h9,11H,5-8H2,1-4H3/t9-/m1/s1. The number of hydrogen-bond donors (Lipinski definition) is 1. The highest BCUT2D eigenvalue weighted by Gasteiger charge is 2.22. The Morgan fingerprint density at radius 1 is 1.25 bits per heavy atom. The highest BCUT2D eigenvalue weighted by atomic mass is 15.2. The maximum Gasteiger partial charge on any atom is 0.0125 e. The highest BCUT2D eigenvalue weighted by Crippen LogP contribution is 2.14. The predicted octanol–water partition coefficient (Wildman–Crippen LogP) is 1.47. The molecule has 12 heavy (non-hydrogen) atoms. The van der Waals surface area contributed by atoms with E-state index < -0.39 is 0 Å². The van der Waals surface area contributed by atoms with E-state index in [9.17, 15) is 0 Å². The molecule has 1 aliphatic heterocycles. The average Bonchev–Trinajstić information content (AvgIpc) is 2.11. The van der Waals surface area contributed by atoms with E-state index >= 15 is 0 Å². The Morgan fingerprint density at radius 3 is 2.50 bits per heavy atom. The maximum absolute atomic E-state index is 3.50. The minimum atomic E-state index is 0.339. The van der Waals surface area contributed by atoms with Gasteiger partial charge in [0.25, 0.3) is 0 Å². The zero-order valence-electron chi connectivity index (χ0n) is 8.85. The topological polar surface area (TPSA) is 15.3 Å². The molecule has 1 N–H and O–H groups in total. The lowest BCUT2D eigenvalue weighted by Gasteiger charge is -2.34. The first-order valence-corrected chi connectivity index (χ1v) is 4.98. The van der Waals surface area contributed by atoms with E-state index in [2.05, 4.69) is 37.9 Å². The average molecular weight is 170 g/mol. The van der Waals surface area contributed by atoms with E-state index in [1.165, 1.54) is 19.5 Å². The van der Waals surface area contributed by atoms with Gasteiger partial charge in [0.05, 0.1) is 0 Å². The number of nitrogens with one attached hydrogen (secondary N) is 1. The van der Waals surface area contributed by atoms with Crippen molar-refractivity contribution in [3.05, 3.63) is 0 Å². The minimum Gasteiger partial charge on any atom is -0.313 e. The largest absolute Gasteiger partial charge is 0.313 e. The van der Waals surface area contributed by atoms with Gasteiger partial charge in [-0.2, -0.15) is 0 Å². The Bertz CT molecular complexity index is 137. The van der Waals surface area contributed by atoms with Gasteiger partial charge in [0.1, 0.15) is 0 Å². The van der Waals surface area contributed by atoms with Crippen molar-refractivity contribution in [3.8, 4) is 0 Å². The van der Waals surface area contributed by atoms with Crippen LogP contribution < -0.4 is 5.32 Å². The van der Waals surface area contributed by atoms with Crippen molar-refractivity contribution in [2.75, 3.05) is 19.6 Å². The van der Waals surface area contributed by atoms with Crippen LogP contribution in [0.25, 0.3) is 0 Å². The summed E-state index contributed by atoms with van der Waals surface area (Å²) in [5, 5.41) is 3.50. The minimum absolute atomic E-state index is 0.339. The molecule has 0 unspecified atom stereocenters. The maximum atomic E-state index is 3.50. The molecule has 0 amide bonds. The summed E-state index contributed by atoms with van der Waals surface area (Å²) in [5.74, 6) is 0. The molecule has 2 heteroatoms. The van der Waals surface area contributed by atoms with Gasteiger partial charge in [0.15, 0.2) is 0 Å². The van der Waals surface area contributed by atoms with Crippen LogP contribution in [0.2, 0.25) is 0 Å². The van der Waals surface area contributed by atoms with E-state index in [1.54, 1.807) is 0 Å². The van der Waals surface area contributed by atoms with Crippen molar-refractivity contribution in [2.24, 2.45) is 0 Å². The molecule has 2 nitrogen and oxygen atoms in total. The zero-order chi connectivity index (χ0) is 9.19. The molecule has 0 aliphatic carbocycles.